The van der Waals surface area contributed by atoms with Gasteiger partial charge in [0.15, 0.2) is 5.82 Å². The number of para-hydroxylation sites is 2. The van der Waals surface area contributed by atoms with Gasteiger partial charge in [-0.05, 0) is 93.8 Å². The summed E-state index contributed by atoms with van der Waals surface area (Å²) in [6, 6.07) is 15.8. The van der Waals surface area contributed by atoms with Crippen molar-refractivity contribution >= 4 is 23.3 Å². The first-order valence-electron chi connectivity index (χ1n) is 17.5. The minimum absolute atomic E-state index is 0.149. The molecular formula is C37H42N8O4. The van der Waals surface area contributed by atoms with Crippen LogP contribution in [0, 0.1) is 0 Å². The topological polar surface area (TPSA) is 152 Å². The number of fused-ring (bicyclic) bond motifs is 1. The molecule has 2 aromatic heterocycles. The molecule has 4 aromatic rings. The van der Waals surface area contributed by atoms with Gasteiger partial charge in [0.2, 0.25) is 11.8 Å². The molecule has 5 heterocycles. The lowest BCUT2D eigenvalue weighted by Crippen LogP contribution is -2.54. The number of benzene rings is 2. The Morgan fingerprint density at radius 2 is 1.67 bits per heavy atom. The van der Waals surface area contributed by atoms with Gasteiger partial charge < -0.3 is 25.4 Å². The Hall–Kier alpha value is -4.97. The molecule has 49 heavy (non-hydrogen) atoms. The highest BCUT2D eigenvalue weighted by Crippen LogP contribution is 2.44. The number of phenolic OH excluding ortho intramolecular Hbond substituents is 1. The Balaban J connectivity index is 0.884. The number of likely N-dealkylation sites (tertiary alicyclic amines) is 1. The Morgan fingerprint density at radius 3 is 2.47 bits per heavy atom. The fourth-order valence-electron chi connectivity index (χ4n) is 8.31. The summed E-state index contributed by atoms with van der Waals surface area (Å²) in [6.07, 6.45) is 11.3. The number of nitrogens with zero attached hydrogens (tertiary/aromatic N) is 6. The molecule has 0 bridgehead atoms. The van der Waals surface area contributed by atoms with Crippen LogP contribution < -0.4 is 20.7 Å². The Bertz CT molecular complexity index is 1860. The van der Waals surface area contributed by atoms with Crippen LogP contribution in [0.2, 0.25) is 0 Å². The maximum atomic E-state index is 12.7. The van der Waals surface area contributed by atoms with Gasteiger partial charge in [0.25, 0.3) is 0 Å². The molecule has 1 aliphatic carbocycles. The molecule has 2 aromatic carbocycles. The summed E-state index contributed by atoms with van der Waals surface area (Å²) in [7, 11) is 0. The van der Waals surface area contributed by atoms with E-state index in [1.54, 1.807) is 12.1 Å². The van der Waals surface area contributed by atoms with Crippen LogP contribution in [0.25, 0.3) is 22.4 Å². The number of nitrogens with one attached hydrogen (secondary N) is 1. The number of hydrogen-bond donors (Lipinski definition) is 3. The van der Waals surface area contributed by atoms with E-state index in [1.165, 1.54) is 5.56 Å². The van der Waals surface area contributed by atoms with Gasteiger partial charge in [-0.15, -0.1) is 10.2 Å². The predicted molar refractivity (Wildman–Crippen MR) is 185 cm³/mol. The van der Waals surface area contributed by atoms with Crippen LogP contribution in [0.4, 0.5) is 11.5 Å². The summed E-state index contributed by atoms with van der Waals surface area (Å²) in [5, 5.41) is 25.9. The molecule has 8 rings (SSSR count). The maximum Gasteiger partial charge on any atom is 0.249 e. The van der Waals surface area contributed by atoms with Crippen molar-refractivity contribution in [2.75, 3.05) is 36.9 Å². The first-order chi connectivity index (χ1) is 23.9. The molecule has 2 amide bonds. The number of piperidine rings is 2. The average Bonchev–Trinajstić information content (AvgIpc) is 3.62. The molecule has 1 unspecified atom stereocenters. The van der Waals surface area contributed by atoms with Gasteiger partial charge in [-0.1, -0.05) is 24.3 Å². The molecule has 12 nitrogen and oxygen atoms in total. The number of ether oxygens (including phenoxy) is 1. The van der Waals surface area contributed by atoms with Crippen LogP contribution in [0.15, 0.2) is 60.9 Å². The van der Waals surface area contributed by atoms with Crippen LogP contribution in [-0.4, -0.2) is 80.1 Å². The van der Waals surface area contributed by atoms with Crippen molar-refractivity contribution in [3.05, 3.63) is 66.5 Å². The number of carbonyl (C=O) groups excluding carboxylic acids is 2. The second-order valence-electron chi connectivity index (χ2n) is 13.7. The number of aromatic nitrogens is 4. The van der Waals surface area contributed by atoms with Gasteiger partial charge in [0, 0.05) is 35.3 Å². The molecule has 4 N–H and O–H groups in total. The van der Waals surface area contributed by atoms with Crippen molar-refractivity contribution in [3.8, 4) is 33.9 Å². The first-order valence-corrected chi connectivity index (χ1v) is 17.5. The lowest BCUT2D eigenvalue weighted by molar-refractivity contribution is -0.134. The van der Waals surface area contributed by atoms with E-state index < -0.39 is 0 Å². The van der Waals surface area contributed by atoms with Gasteiger partial charge in [-0.25, -0.2) is 0 Å². The Labute approximate surface area is 285 Å². The Morgan fingerprint density at radius 1 is 0.878 bits per heavy atom. The third-order valence-corrected chi connectivity index (χ3v) is 10.9. The minimum atomic E-state index is -0.338. The third kappa shape index (κ3) is 6.09. The number of hydrogen-bond acceptors (Lipinski definition) is 10. The van der Waals surface area contributed by atoms with Crippen molar-refractivity contribution in [2.45, 2.75) is 75.4 Å². The van der Waals surface area contributed by atoms with Gasteiger partial charge in [0.1, 0.15) is 24.1 Å². The summed E-state index contributed by atoms with van der Waals surface area (Å²) in [5.74, 6) is 1.41. The van der Waals surface area contributed by atoms with Crippen molar-refractivity contribution in [1.29, 1.82) is 0 Å². The highest BCUT2D eigenvalue weighted by molar-refractivity contribution is 6.02. The summed E-state index contributed by atoms with van der Waals surface area (Å²) in [5.41, 5.74) is 11.3. The number of aromatic hydroxyl groups is 1. The van der Waals surface area contributed by atoms with Crippen molar-refractivity contribution in [1.82, 2.24) is 30.2 Å². The SMILES string of the molecule is Nc1nnc(-c2ccccc2O)cc1-c1cnn(C2CCC(N3CCC(c4cccc5c4OCCN5C4CCC(=O)NC4=O)CC3)CC2)c1. The number of nitrogen functional groups attached to an aromatic ring is 1. The van der Waals surface area contributed by atoms with E-state index in [4.69, 9.17) is 15.6 Å². The number of amides is 2. The zero-order valence-electron chi connectivity index (χ0n) is 27.5. The number of phenols is 1. The molecule has 4 aliphatic rings. The van der Waals surface area contributed by atoms with Gasteiger partial charge in [0.05, 0.1) is 30.2 Å². The van der Waals surface area contributed by atoms with E-state index in [2.05, 4.69) is 48.3 Å². The summed E-state index contributed by atoms with van der Waals surface area (Å²) < 4.78 is 8.34. The molecule has 3 fully saturated rings. The largest absolute Gasteiger partial charge is 0.507 e. The van der Waals surface area contributed by atoms with Crippen molar-refractivity contribution in [2.24, 2.45) is 0 Å². The summed E-state index contributed by atoms with van der Waals surface area (Å²) in [6.45, 7) is 3.28. The molecular weight excluding hydrogens is 620 g/mol. The predicted octanol–water partition coefficient (Wildman–Crippen LogP) is 4.66. The maximum absolute atomic E-state index is 12.7. The zero-order valence-corrected chi connectivity index (χ0v) is 27.5. The monoisotopic (exact) mass is 662 g/mol. The van der Waals surface area contributed by atoms with Gasteiger partial charge in [-0.2, -0.15) is 5.10 Å². The fourth-order valence-corrected chi connectivity index (χ4v) is 8.31. The fraction of sp³-hybridized carbons (Fsp3) is 0.432. The van der Waals surface area contributed by atoms with Crippen LogP contribution in [0.5, 0.6) is 11.5 Å². The number of carbonyl (C=O) groups is 2. The molecule has 1 saturated carbocycles. The molecule has 0 radical (unpaired) electrons. The summed E-state index contributed by atoms with van der Waals surface area (Å²) in [4.78, 5) is 29.2. The van der Waals surface area contributed by atoms with E-state index in [9.17, 15) is 14.7 Å². The van der Waals surface area contributed by atoms with Crippen LogP contribution in [-0.2, 0) is 9.59 Å². The number of nitrogens with two attached hydrogens (primary N) is 1. The van der Waals surface area contributed by atoms with Gasteiger partial charge in [-0.3, -0.25) is 19.6 Å². The lowest BCUT2D eigenvalue weighted by Gasteiger charge is -2.42. The first kappa shape index (κ1) is 31.3. The smallest absolute Gasteiger partial charge is 0.249 e. The highest BCUT2D eigenvalue weighted by atomic mass is 16.5. The van der Waals surface area contributed by atoms with E-state index in [1.807, 2.05) is 30.5 Å². The Kier molecular flexibility index (Phi) is 8.40. The zero-order chi connectivity index (χ0) is 33.5. The van der Waals surface area contributed by atoms with Crippen molar-refractivity contribution in [3.63, 3.8) is 0 Å². The molecule has 3 aliphatic heterocycles. The second kappa shape index (κ2) is 13.1. The second-order valence-corrected chi connectivity index (χ2v) is 13.7. The lowest BCUT2D eigenvalue weighted by atomic mass is 9.85. The van der Waals surface area contributed by atoms with E-state index in [0.29, 0.717) is 61.1 Å². The minimum Gasteiger partial charge on any atom is -0.507 e. The highest BCUT2D eigenvalue weighted by Gasteiger charge is 2.37. The quantitative estimate of drug-likeness (QED) is 0.249. The summed E-state index contributed by atoms with van der Waals surface area (Å²) >= 11 is 0. The molecule has 254 valence electrons. The van der Waals surface area contributed by atoms with Crippen LogP contribution in [0.1, 0.15) is 68.9 Å². The van der Waals surface area contributed by atoms with Crippen LogP contribution in [0.3, 0.4) is 0 Å². The molecule has 0 spiro atoms. The van der Waals surface area contributed by atoms with E-state index in [0.717, 1.165) is 74.2 Å². The number of anilines is 2. The number of imide groups is 1. The standard InChI is InChI=1S/C37H42N8O4/c38-36-29(20-30(41-42-36)28-4-1-2-7-33(28)46)24-21-39-45(22-24)26-10-8-25(9-11-26)43-16-14-23(15-17-43)27-5-3-6-31-35(27)49-19-18-44(31)32-12-13-34(47)40-37(32)48/h1-7,20-23,25-26,32,46H,8-19H2,(H2,38,42)(H,40,47,48). The number of rotatable bonds is 6. The van der Waals surface area contributed by atoms with Crippen LogP contribution >= 0.6 is 0 Å². The van der Waals surface area contributed by atoms with Gasteiger partial charge >= 0.3 is 0 Å². The van der Waals surface area contributed by atoms with Crippen molar-refractivity contribution < 1.29 is 19.4 Å². The molecule has 1 atom stereocenters. The normalized spacial score (nSPS) is 23.5. The van der Waals surface area contributed by atoms with E-state index >= 15 is 0 Å². The van der Waals surface area contributed by atoms with E-state index in [-0.39, 0.29) is 23.6 Å². The third-order valence-electron chi connectivity index (χ3n) is 10.9. The molecule has 2 saturated heterocycles. The average molecular weight is 663 g/mol. The molecule has 12 heteroatoms.